The summed E-state index contributed by atoms with van der Waals surface area (Å²) in [5.41, 5.74) is 1.81. The van der Waals surface area contributed by atoms with Crippen molar-refractivity contribution in [1.29, 1.82) is 5.26 Å². The highest BCUT2D eigenvalue weighted by molar-refractivity contribution is 9.10. The van der Waals surface area contributed by atoms with Crippen molar-refractivity contribution in [2.45, 2.75) is 19.8 Å². The molecular weight excluding hydrogens is 266 g/mol. The Morgan fingerprint density at radius 1 is 1.38 bits per heavy atom. The Bertz CT molecular complexity index is 551. The van der Waals surface area contributed by atoms with Crippen molar-refractivity contribution >= 4 is 26.9 Å². The number of hydrogen-bond acceptors (Lipinski definition) is 2. The molecular formula is C13H12BrNO. The fourth-order valence-corrected chi connectivity index (χ4v) is 2.20. The van der Waals surface area contributed by atoms with E-state index in [1.54, 1.807) is 6.26 Å². The lowest BCUT2D eigenvalue weighted by molar-refractivity contribution is 0.565. The summed E-state index contributed by atoms with van der Waals surface area (Å²) in [6.45, 7) is 4.09. The van der Waals surface area contributed by atoms with E-state index in [1.165, 1.54) is 0 Å². The van der Waals surface area contributed by atoms with Crippen LogP contribution >= 0.6 is 15.9 Å². The molecule has 0 amide bonds. The lowest BCUT2D eigenvalue weighted by Gasteiger charge is -2.10. The smallest absolute Gasteiger partial charge is 0.134 e. The highest BCUT2D eigenvalue weighted by atomic mass is 79.9. The topological polar surface area (TPSA) is 36.9 Å². The summed E-state index contributed by atoms with van der Waals surface area (Å²) >= 11 is 3.43. The number of nitriles is 1. The molecule has 82 valence electrons. The zero-order valence-corrected chi connectivity index (χ0v) is 10.8. The van der Waals surface area contributed by atoms with Gasteiger partial charge < -0.3 is 4.42 Å². The molecule has 0 aliphatic carbocycles. The monoisotopic (exact) mass is 277 g/mol. The average Bonchev–Trinajstić information content (AvgIpc) is 2.62. The Hall–Kier alpha value is -1.27. The largest absolute Gasteiger partial charge is 0.464 e. The predicted molar refractivity (Wildman–Crippen MR) is 67.1 cm³/mol. The van der Waals surface area contributed by atoms with E-state index in [9.17, 15) is 5.26 Å². The first-order chi connectivity index (χ1) is 7.63. The fourth-order valence-electron chi connectivity index (χ4n) is 1.84. The molecule has 1 aromatic carbocycles. The molecule has 0 saturated heterocycles. The number of fused-ring (bicyclic) bond motifs is 1. The van der Waals surface area contributed by atoms with Crippen LogP contribution in [0.5, 0.6) is 0 Å². The van der Waals surface area contributed by atoms with Gasteiger partial charge in [0.1, 0.15) is 5.58 Å². The number of furan rings is 1. The highest BCUT2D eigenvalue weighted by Crippen LogP contribution is 2.33. The Labute approximate surface area is 103 Å². The van der Waals surface area contributed by atoms with Crippen LogP contribution in [0, 0.1) is 17.2 Å². The van der Waals surface area contributed by atoms with Gasteiger partial charge in [-0.25, -0.2) is 0 Å². The van der Waals surface area contributed by atoms with Gasteiger partial charge in [-0.2, -0.15) is 5.26 Å². The lowest BCUT2D eigenvalue weighted by Crippen LogP contribution is -2.02. The van der Waals surface area contributed by atoms with E-state index >= 15 is 0 Å². The van der Waals surface area contributed by atoms with Gasteiger partial charge in [0, 0.05) is 15.4 Å². The predicted octanol–water partition coefficient (Wildman–Crippen LogP) is 4.46. The molecule has 3 heteroatoms. The van der Waals surface area contributed by atoms with Crippen molar-refractivity contribution in [2.24, 2.45) is 5.92 Å². The van der Waals surface area contributed by atoms with Gasteiger partial charge in [-0.3, -0.25) is 0 Å². The standard InChI is InChI=1S/C13H12BrNO/c1-8(2)11(6-15)12-7-16-13-4-3-9(14)5-10(12)13/h3-5,7-8,11H,1-2H3. The number of rotatable bonds is 2. The molecule has 1 heterocycles. The molecule has 0 fully saturated rings. The Morgan fingerprint density at radius 3 is 2.75 bits per heavy atom. The molecule has 0 radical (unpaired) electrons. The molecule has 0 spiro atoms. The van der Waals surface area contributed by atoms with Crippen molar-refractivity contribution in [3.05, 3.63) is 34.5 Å². The van der Waals surface area contributed by atoms with Crippen molar-refractivity contribution in [1.82, 2.24) is 0 Å². The maximum absolute atomic E-state index is 9.19. The molecule has 0 aliphatic heterocycles. The van der Waals surface area contributed by atoms with E-state index in [2.05, 4.69) is 22.0 Å². The van der Waals surface area contributed by atoms with E-state index in [1.807, 2.05) is 32.0 Å². The third kappa shape index (κ3) is 1.85. The van der Waals surface area contributed by atoms with Crippen LogP contribution < -0.4 is 0 Å². The summed E-state index contributed by atoms with van der Waals surface area (Å²) in [6.07, 6.45) is 1.70. The molecule has 2 nitrogen and oxygen atoms in total. The molecule has 2 rings (SSSR count). The minimum Gasteiger partial charge on any atom is -0.464 e. The van der Waals surface area contributed by atoms with E-state index in [0.29, 0.717) is 0 Å². The number of halogens is 1. The van der Waals surface area contributed by atoms with Crippen LogP contribution in [-0.4, -0.2) is 0 Å². The molecule has 1 atom stereocenters. The molecule has 0 N–H and O–H groups in total. The van der Waals surface area contributed by atoms with Gasteiger partial charge in [-0.1, -0.05) is 29.8 Å². The summed E-state index contributed by atoms with van der Waals surface area (Å²) in [4.78, 5) is 0. The number of benzene rings is 1. The Balaban J connectivity index is 2.61. The molecule has 2 aromatic rings. The average molecular weight is 278 g/mol. The third-order valence-electron chi connectivity index (χ3n) is 2.71. The van der Waals surface area contributed by atoms with Gasteiger partial charge in [0.05, 0.1) is 18.3 Å². The van der Waals surface area contributed by atoms with Crippen molar-refractivity contribution in [3.8, 4) is 6.07 Å². The van der Waals surface area contributed by atoms with Crippen LogP contribution in [0.3, 0.4) is 0 Å². The summed E-state index contributed by atoms with van der Waals surface area (Å²) < 4.78 is 6.47. The van der Waals surface area contributed by atoms with Crippen molar-refractivity contribution in [3.63, 3.8) is 0 Å². The van der Waals surface area contributed by atoms with Crippen molar-refractivity contribution in [2.75, 3.05) is 0 Å². The number of nitrogens with zero attached hydrogens (tertiary/aromatic N) is 1. The second-order valence-electron chi connectivity index (χ2n) is 4.18. The van der Waals surface area contributed by atoms with E-state index in [0.717, 1.165) is 21.0 Å². The van der Waals surface area contributed by atoms with Gasteiger partial charge in [0.2, 0.25) is 0 Å². The van der Waals surface area contributed by atoms with Gasteiger partial charge in [-0.05, 0) is 24.1 Å². The number of hydrogen-bond donors (Lipinski definition) is 0. The van der Waals surface area contributed by atoms with E-state index in [4.69, 9.17) is 4.42 Å². The molecule has 0 saturated carbocycles. The lowest BCUT2D eigenvalue weighted by atomic mass is 9.90. The normalized spacial score (nSPS) is 12.9. The first kappa shape index (κ1) is 11.2. The van der Waals surface area contributed by atoms with Gasteiger partial charge in [0.15, 0.2) is 0 Å². The first-order valence-corrected chi connectivity index (χ1v) is 5.99. The fraction of sp³-hybridized carbons (Fsp3) is 0.308. The Kier molecular flexibility index (Phi) is 3.02. The zero-order chi connectivity index (χ0) is 11.7. The summed E-state index contributed by atoms with van der Waals surface area (Å²) in [5, 5.41) is 10.2. The summed E-state index contributed by atoms with van der Waals surface area (Å²) in [5.74, 6) is 0.167. The maximum atomic E-state index is 9.19. The van der Waals surface area contributed by atoms with Crippen LogP contribution in [0.4, 0.5) is 0 Å². The molecule has 1 aromatic heterocycles. The molecule has 0 bridgehead atoms. The Morgan fingerprint density at radius 2 is 2.12 bits per heavy atom. The maximum Gasteiger partial charge on any atom is 0.134 e. The second kappa shape index (κ2) is 4.31. The zero-order valence-electron chi connectivity index (χ0n) is 9.20. The van der Waals surface area contributed by atoms with Crippen LogP contribution in [0.15, 0.2) is 33.4 Å². The third-order valence-corrected chi connectivity index (χ3v) is 3.20. The van der Waals surface area contributed by atoms with E-state index in [-0.39, 0.29) is 11.8 Å². The SMILES string of the molecule is CC(C)C(C#N)c1coc2ccc(Br)cc12. The quantitative estimate of drug-likeness (QED) is 0.813. The van der Waals surface area contributed by atoms with Gasteiger partial charge in [-0.15, -0.1) is 0 Å². The van der Waals surface area contributed by atoms with Crippen LogP contribution in [0.1, 0.15) is 25.3 Å². The van der Waals surface area contributed by atoms with Crippen LogP contribution in [0.25, 0.3) is 11.0 Å². The van der Waals surface area contributed by atoms with E-state index < -0.39 is 0 Å². The molecule has 1 unspecified atom stereocenters. The minimum atomic E-state index is -0.115. The summed E-state index contributed by atoms with van der Waals surface area (Å²) in [6, 6.07) is 8.19. The van der Waals surface area contributed by atoms with Gasteiger partial charge >= 0.3 is 0 Å². The first-order valence-electron chi connectivity index (χ1n) is 5.19. The van der Waals surface area contributed by atoms with Crippen molar-refractivity contribution < 1.29 is 4.42 Å². The van der Waals surface area contributed by atoms with Gasteiger partial charge in [0.25, 0.3) is 0 Å². The highest BCUT2D eigenvalue weighted by Gasteiger charge is 2.20. The second-order valence-corrected chi connectivity index (χ2v) is 5.10. The van der Waals surface area contributed by atoms with Crippen LogP contribution in [0.2, 0.25) is 0 Å². The molecule has 0 aliphatic rings. The van der Waals surface area contributed by atoms with Crippen LogP contribution in [-0.2, 0) is 0 Å². The molecule has 16 heavy (non-hydrogen) atoms. The summed E-state index contributed by atoms with van der Waals surface area (Å²) in [7, 11) is 0. The minimum absolute atomic E-state index is 0.115.